The van der Waals surface area contributed by atoms with Crippen molar-refractivity contribution in [1.82, 2.24) is 10.3 Å². The van der Waals surface area contributed by atoms with E-state index in [4.69, 9.17) is 4.98 Å². The molecule has 0 aromatic carbocycles. The first-order valence-electron chi connectivity index (χ1n) is 7.72. The number of aryl methyl sites for hydroxylation is 1. The third-order valence-electron chi connectivity index (χ3n) is 4.16. The van der Waals surface area contributed by atoms with Crippen LogP contribution < -0.4 is 5.32 Å². The lowest BCUT2D eigenvalue weighted by molar-refractivity contribution is 0.398. The molecule has 2 atom stereocenters. The summed E-state index contributed by atoms with van der Waals surface area (Å²) in [4.78, 5) is 6.13. The van der Waals surface area contributed by atoms with Crippen LogP contribution in [0.1, 0.15) is 54.3 Å². The summed E-state index contributed by atoms with van der Waals surface area (Å²) in [5, 5.41) is 3.76. The normalized spacial score (nSPS) is 19.2. The molecule has 0 radical (unpaired) electrons. The molecule has 112 valence electrons. The van der Waals surface area contributed by atoms with Crippen LogP contribution in [0, 0.1) is 0 Å². The van der Waals surface area contributed by atoms with Crippen LogP contribution in [0.15, 0.2) is 34.2 Å². The number of halogens is 1. The molecule has 0 saturated heterocycles. The molecule has 0 amide bonds. The van der Waals surface area contributed by atoms with E-state index < -0.39 is 0 Å². The fourth-order valence-electron chi connectivity index (χ4n) is 3.21. The number of hydrogen-bond acceptors (Lipinski definition) is 3. The average molecular weight is 365 g/mol. The Balaban J connectivity index is 1.93. The van der Waals surface area contributed by atoms with E-state index in [9.17, 15) is 0 Å². The molecule has 0 spiro atoms. The lowest BCUT2D eigenvalue weighted by atomic mass is 9.81. The molecule has 2 aromatic heterocycles. The third-order valence-corrected chi connectivity index (χ3v) is 5.86. The molecule has 21 heavy (non-hydrogen) atoms. The van der Waals surface area contributed by atoms with Crippen molar-refractivity contribution in [2.75, 3.05) is 6.54 Å². The predicted molar refractivity (Wildman–Crippen MR) is 93.0 cm³/mol. The van der Waals surface area contributed by atoms with Gasteiger partial charge in [0.25, 0.3) is 0 Å². The molecule has 1 aliphatic carbocycles. The van der Waals surface area contributed by atoms with Crippen LogP contribution in [0.5, 0.6) is 0 Å². The summed E-state index contributed by atoms with van der Waals surface area (Å²) in [6.07, 6.45) is 6.76. The molecule has 0 aliphatic heterocycles. The number of nitrogens with one attached hydrogen (secondary N) is 1. The van der Waals surface area contributed by atoms with Crippen molar-refractivity contribution in [2.24, 2.45) is 0 Å². The van der Waals surface area contributed by atoms with Crippen LogP contribution in [-0.4, -0.2) is 11.5 Å². The summed E-state index contributed by atoms with van der Waals surface area (Å²) in [5.41, 5.74) is 2.74. The predicted octanol–water partition coefficient (Wildman–Crippen LogP) is 5.07. The molecule has 2 nitrogen and oxygen atoms in total. The molecule has 2 aromatic rings. The molecule has 0 fully saturated rings. The van der Waals surface area contributed by atoms with Gasteiger partial charge in [0, 0.05) is 28.7 Å². The Hall–Kier alpha value is -0.710. The molecule has 3 rings (SSSR count). The lowest BCUT2D eigenvalue weighted by Gasteiger charge is -2.31. The van der Waals surface area contributed by atoms with Gasteiger partial charge in [-0.1, -0.05) is 13.0 Å². The Bertz CT molecular complexity index is 596. The minimum absolute atomic E-state index is 0.384. The maximum absolute atomic E-state index is 4.71. The maximum atomic E-state index is 4.71. The summed E-state index contributed by atoms with van der Waals surface area (Å²) in [6, 6.07) is 9.10. The van der Waals surface area contributed by atoms with Gasteiger partial charge in [0.15, 0.2) is 0 Å². The molecule has 0 bridgehead atoms. The molecular weight excluding hydrogens is 344 g/mol. The van der Waals surface area contributed by atoms with E-state index >= 15 is 0 Å². The van der Waals surface area contributed by atoms with Crippen molar-refractivity contribution in [3.63, 3.8) is 0 Å². The van der Waals surface area contributed by atoms with E-state index in [1.54, 1.807) is 0 Å². The summed E-state index contributed by atoms with van der Waals surface area (Å²) in [6.45, 7) is 3.28. The maximum Gasteiger partial charge on any atom is 0.0701 e. The average Bonchev–Trinajstić information content (AvgIpc) is 2.94. The Labute approximate surface area is 139 Å². The monoisotopic (exact) mass is 364 g/mol. The second-order valence-electron chi connectivity index (χ2n) is 5.62. The molecule has 1 aliphatic rings. The quantitative estimate of drug-likeness (QED) is 0.801. The van der Waals surface area contributed by atoms with Gasteiger partial charge >= 0.3 is 0 Å². The van der Waals surface area contributed by atoms with Crippen molar-refractivity contribution < 1.29 is 0 Å². The number of fused-ring (bicyclic) bond motifs is 1. The Morgan fingerprint density at radius 3 is 3.10 bits per heavy atom. The van der Waals surface area contributed by atoms with Crippen LogP contribution in [0.3, 0.4) is 0 Å². The summed E-state index contributed by atoms with van der Waals surface area (Å²) in [7, 11) is 0. The van der Waals surface area contributed by atoms with Crippen molar-refractivity contribution in [3.8, 4) is 0 Å². The SMILES string of the molecule is CCCNC(c1ccc(Br)s1)C1CCCc2cccnc21. The minimum atomic E-state index is 0.384. The topological polar surface area (TPSA) is 24.9 Å². The van der Waals surface area contributed by atoms with Gasteiger partial charge in [-0.2, -0.15) is 0 Å². The number of nitrogens with zero attached hydrogens (tertiary/aromatic N) is 1. The lowest BCUT2D eigenvalue weighted by Crippen LogP contribution is -2.30. The Morgan fingerprint density at radius 1 is 1.43 bits per heavy atom. The molecule has 1 N–H and O–H groups in total. The van der Waals surface area contributed by atoms with Crippen LogP contribution in [0.25, 0.3) is 0 Å². The van der Waals surface area contributed by atoms with Gasteiger partial charge < -0.3 is 5.32 Å². The number of thiophene rings is 1. The highest BCUT2D eigenvalue weighted by Gasteiger charge is 2.30. The third kappa shape index (κ3) is 3.38. The van der Waals surface area contributed by atoms with Crippen molar-refractivity contribution in [3.05, 3.63) is 50.4 Å². The number of rotatable bonds is 5. The zero-order valence-electron chi connectivity index (χ0n) is 12.3. The zero-order valence-corrected chi connectivity index (χ0v) is 14.7. The largest absolute Gasteiger partial charge is 0.309 e. The van der Waals surface area contributed by atoms with E-state index in [2.05, 4.69) is 52.4 Å². The van der Waals surface area contributed by atoms with Gasteiger partial charge in [-0.25, -0.2) is 0 Å². The molecule has 0 saturated carbocycles. The van der Waals surface area contributed by atoms with Crippen LogP contribution >= 0.6 is 27.3 Å². The summed E-state index contributed by atoms with van der Waals surface area (Å²) in [5.74, 6) is 0.493. The first-order chi connectivity index (χ1) is 10.3. The molecular formula is C17H21BrN2S. The highest BCUT2D eigenvalue weighted by Crippen LogP contribution is 2.41. The first-order valence-corrected chi connectivity index (χ1v) is 9.33. The highest BCUT2D eigenvalue weighted by molar-refractivity contribution is 9.11. The second-order valence-corrected chi connectivity index (χ2v) is 8.11. The van der Waals surface area contributed by atoms with Gasteiger partial charge in [-0.3, -0.25) is 4.98 Å². The van der Waals surface area contributed by atoms with E-state index in [1.807, 2.05) is 17.5 Å². The Morgan fingerprint density at radius 2 is 2.33 bits per heavy atom. The smallest absolute Gasteiger partial charge is 0.0701 e. The van der Waals surface area contributed by atoms with Gasteiger partial charge in [-0.05, 0) is 71.9 Å². The number of aromatic nitrogens is 1. The van der Waals surface area contributed by atoms with Crippen LogP contribution in [0.4, 0.5) is 0 Å². The zero-order chi connectivity index (χ0) is 14.7. The van der Waals surface area contributed by atoms with Gasteiger partial charge in [-0.15, -0.1) is 11.3 Å². The van der Waals surface area contributed by atoms with Crippen molar-refractivity contribution in [1.29, 1.82) is 0 Å². The van der Waals surface area contributed by atoms with Gasteiger partial charge in [0.05, 0.1) is 3.79 Å². The Kier molecular flexibility index (Phi) is 5.09. The first kappa shape index (κ1) is 15.2. The van der Waals surface area contributed by atoms with Crippen molar-refractivity contribution >= 4 is 27.3 Å². The van der Waals surface area contributed by atoms with Crippen molar-refractivity contribution in [2.45, 2.75) is 44.6 Å². The number of hydrogen-bond donors (Lipinski definition) is 1. The van der Waals surface area contributed by atoms with Crippen LogP contribution in [0.2, 0.25) is 0 Å². The fraction of sp³-hybridized carbons (Fsp3) is 0.471. The van der Waals surface area contributed by atoms with E-state index in [0.717, 1.165) is 13.0 Å². The van der Waals surface area contributed by atoms with E-state index in [1.165, 1.54) is 39.2 Å². The molecule has 2 heterocycles. The fourth-order valence-corrected chi connectivity index (χ4v) is 4.77. The summed E-state index contributed by atoms with van der Waals surface area (Å²) < 4.78 is 1.21. The molecule has 4 heteroatoms. The van der Waals surface area contributed by atoms with Gasteiger partial charge in [0.1, 0.15) is 0 Å². The number of pyridine rings is 1. The highest BCUT2D eigenvalue weighted by atomic mass is 79.9. The van der Waals surface area contributed by atoms with E-state index in [-0.39, 0.29) is 0 Å². The van der Waals surface area contributed by atoms with Gasteiger partial charge in [0.2, 0.25) is 0 Å². The van der Waals surface area contributed by atoms with E-state index in [0.29, 0.717) is 12.0 Å². The summed E-state index contributed by atoms with van der Waals surface area (Å²) >= 11 is 5.44. The second kappa shape index (κ2) is 7.03. The minimum Gasteiger partial charge on any atom is -0.309 e. The van der Waals surface area contributed by atoms with Crippen LogP contribution in [-0.2, 0) is 6.42 Å². The molecule has 2 unspecified atom stereocenters. The standard InChI is InChI=1S/C17H21BrN2S/c1-2-10-19-17(14-8-9-15(18)21-14)13-7-3-5-12-6-4-11-20-16(12)13/h4,6,8-9,11,13,17,19H,2-3,5,7,10H2,1H3.